The highest BCUT2D eigenvalue weighted by Gasteiger charge is 2.32. The van der Waals surface area contributed by atoms with E-state index in [4.69, 9.17) is 9.47 Å². The molecule has 0 unspecified atom stereocenters. The van der Waals surface area contributed by atoms with Crippen molar-refractivity contribution in [1.82, 2.24) is 10.2 Å². The maximum atomic E-state index is 14.2. The Balaban J connectivity index is 1.61. The van der Waals surface area contributed by atoms with Crippen LogP contribution in [0.25, 0.3) is 0 Å². The molecule has 1 aliphatic carbocycles. The molecule has 10 heteroatoms. The molecule has 9 nitrogen and oxygen atoms in total. The Labute approximate surface area is 273 Å². The normalized spacial score (nSPS) is 14.2. The SMILES string of the molecule is CCOc1ccccc1N(CCCC(=O)N(Cc1cccc(OC)c1)[C@@H](Cc1ccccc1)C(=O)NC1CCCCC1)S(C)(=O)=O. The number of hydrogen-bond donors (Lipinski definition) is 1. The molecular weight excluding hydrogens is 602 g/mol. The van der Waals surface area contributed by atoms with Gasteiger partial charge in [-0.3, -0.25) is 13.9 Å². The van der Waals surface area contributed by atoms with Crippen molar-refractivity contribution >= 4 is 27.5 Å². The summed E-state index contributed by atoms with van der Waals surface area (Å²) in [6.45, 7) is 2.51. The summed E-state index contributed by atoms with van der Waals surface area (Å²) >= 11 is 0. The van der Waals surface area contributed by atoms with E-state index < -0.39 is 16.1 Å². The number of anilines is 1. The van der Waals surface area contributed by atoms with Gasteiger partial charge in [0.25, 0.3) is 0 Å². The Kier molecular flexibility index (Phi) is 12.9. The molecule has 1 N–H and O–H groups in total. The van der Waals surface area contributed by atoms with Gasteiger partial charge in [0.05, 0.1) is 25.7 Å². The summed E-state index contributed by atoms with van der Waals surface area (Å²) in [5, 5.41) is 3.26. The maximum absolute atomic E-state index is 14.2. The largest absolute Gasteiger partial charge is 0.497 e. The van der Waals surface area contributed by atoms with Gasteiger partial charge < -0.3 is 19.7 Å². The predicted molar refractivity (Wildman–Crippen MR) is 182 cm³/mol. The Hall–Kier alpha value is -4.05. The third-order valence-electron chi connectivity index (χ3n) is 8.30. The van der Waals surface area contributed by atoms with Gasteiger partial charge in [-0.25, -0.2) is 8.42 Å². The highest BCUT2D eigenvalue weighted by Crippen LogP contribution is 2.30. The molecule has 0 radical (unpaired) electrons. The molecule has 0 bridgehead atoms. The van der Waals surface area contributed by atoms with Gasteiger partial charge >= 0.3 is 0 Å². The molecule has 0 heterocycles. The second-order valence-corrected chi connectivity index (χ2v) is 13.7. The van der Waals surface area contributed by atoms with Crippen LogP contribution in [0.5, 0.6) is 11.5 Å². The lowest BCUT2D eigenvalue weighted by atomic mass is 9.94. The lowest BCUT2D eigenvalue weighted by molar-refractivity contribution is -0.141. The number of hydrogen-bond acceptors (Lipinski definition) is 6. The monoisotopic (exact) mass is 649 g/mol. The number of carbonyl (C=O) groups is 2. The third kappa shape index (κ3) is 9.97. The Bertz CT molecular complexity index is 1530. The summed E-state index contributed by atoms with van der Waals surface area (Å²) in [7, 11) is -2.08. The van der Waals surface area contributed by atoms with Gasteiger partial charge in [-0.05, 0) is 61.6 Å². The Morgan fingerprint density at radius 3 is 2.33 bits per heavy atom. The fourth-order valence-electron chi connectivity index (χ4n) is 5.99. The van der Waals surface area contributed by atoms with Gasteiger partial charge in [0.2, 0.25) is 21.8 Å². The lowest BCUT2D eigenvalue weighted by Crippen LogP contribution is -2.52. The molecule has 0 saturated heterocycles. The number of carbonyl (C=O) groups excluding carboxylic acids is 2. The average molecular weight is 650 g/mol. The van der Waals surface area contributed by atoms with Gasteiger partial charge in [0, 0.05) is 32.0 Å². The van der Waals surface area contributed by atoms with E-state index in [-0.39, 0.29) is 43.8 Å². The number of ether oxygens (including phenoxy) is 2. The van der Waals surface area contributed by atoms with E-state index in [1.807, 2.05) is 61.5 Å². The van der Waals surface area contributed by atoms with Crippen molar-refractivity contribution in [3.05, 3.63) is 90.0 Å². The molecule has 1 atom stereocenters. The molecule has 1 aliphatic rings. The number of para-hydroxylation sites is 2. The fraction of sp³-hybridized carbons (Fsp3) is 0.444. The van der Waals surface area contributed by atoms with Crippen LogP contribution in [0.2, 0.25) is 0 Å². The summed E-state index contributed by atoms with van der Waals surface area (Å²) in [6.07, 6.45) is 6.98. The van der Waals surface area contributed by atoms with Crippen molar-refractivity contribution in [2.75, 3.05) is 30.8 Å². The van der Waals surface area contributed by atoms with Crippen molar-refractivity contribution < 1.29 is 27.5 Å². The number of nitrogens with zero attached hydrogens (tertiary/aromatic N) is 2. The highest BCUT2D eigenvalue weighted by molar-refractivity contribution is 7.92. The zero-order valence-electron chi connectivity index (χ0n) is 27.2. The van der Waals surface area contributed by atoms with Crippen molar-refractivity contribution in [2.24, 2.45) is 0 Å². The first kappa shape index (κ1) is 34.8. The molecule has 1 saturated carbocycles. The smallest absolute Gasteiger partial charge is 0.243 e. The molecule has 1 fully saturated rings. The van der Waals surface area contributed by atoms with Crippen LogP contribution in [-0.4, -0.2) is 63.7 Å². The molecule has 3 aromatic carbocycles. The summed E-state index contributed by atoms with van der Waals surface area (Å²) in [5.41, 5.74) is 2.21. The Morgan fingerprint density at radius 2 is 1.63 bits per heavy atom. The summed E-state index contributed by atoms with van der Waals surface area (Å²) < 4.78 is 38.2. The highest BCUT2D eigenvalue weighted by atomic mass is 32.2. The van der Waals surface area contributed by atoms with Gasteiger partial charge in [-0.1, -0.05) is 73.9 Å². The van der Waals surface area contributed by atoms with E-state index >= 15 is 0 Å². The summed E-state index contributed by atoms with van der Waals surface area (Å²) in [4.78, 5) is 29.9. The van der Waals surface area contributed by atoms with Gasteiger partial charge in [-0.15, -0.1) is 0 Å². The Morgan fingerprint density at radius 1 is 0.935 bits per heavy atom. The standard InChI is InChI=1S/C36H47N3O6S/c1-4-45-34-22-12-11-21-32(34)39(46(3,42)43)24-14-23-35(40)38(27-29-17-13-20-31(25-29)44-2)33(26-28-15-7-5-8-16-28)36(41)37-30-18-9-6-10-19-30/h5,7-8,11-13,15-17,20-22,25,30,33H,4,6,9-10,14,18-19,23-24,26-27H2,1-3H3,(H,37,41)/t33-/m0/s1. The molecular formula is C36H47N3O6S. The first-order valence-corrected chi connectivity index (χ1v) is 18.0. The first-order chi connectivity index (χ1) is 22.2. The predicted octanol–water partition coefficient (Wildman–Crippen LogP) is 5.73. The number of sulfonamides is 1. The number of nitrogens with one attached hydrogen (secondary N) is 1. The molecule has 248 valence electrons. The zero-order chi connectivity index (χ0) is 32.9. The molecule has 0 spiro atoms. The fourth-order valence-corrected chi connectivity index (χ4v) is 6.96. The molecule has 0 aromatic heterocycles. The van der Waals surface area contributed by atoms with Crippen LogP contribution in [0.4, 0.5) is 5.69 Å². The van der Waals surface area contributed by atoms with Gasteiger partial charge in [0.15, 0.2) is 0 Å². The third-order valence-corrected chi connectivity index (χ3v) is 9.48. The van der Waals surface area contributed by atoms with E-state index in [0.717, 1.165) is 43.1 Å². The van der Waals surface area contributed by atoms with Crippen LogP contribution in [0.15, 0.2) is 78.9 Å². The maximum Gasteiger partial charge on any atom is 0.243 e. The van der Waals surface area contributed by atoms with E-state index in [1.54, 1.807) is 36.3 Å². The van der Waals surface area contributed by atoms with E-state index in [0.29, 0.717) is 30.2 Å². The van der Waals surface area contributed by atoms with E-state index in [9.17, 15) is 18.0 Å². The van der Waals surface area contributed by atoms with Crippen LogP contribution in [0.3, 0.4) is 0 Å². The number of methoxy groups -OCH3 is 1. The van der Waals surface area contributed by atoms with Gasteiger partial charge in [-0.2, -0.15) is 0 Å². The van der Waals surface area contributed by atoms with E-state index in [2.05, 4.69) is 5.32 Å². The number of benzene rings is 3. The molecule has 4 rings (SSSR count). The van der Waals surface area contributed by atoms with Crippen LogP contribution in [0, 0.1) is 0 Å². The quantitative estimate of drug-likeness (QED) is 0.213. The van der Waals surface area contributed by atoms with Crippen LogP contribution >= 0.6 is 0 Å². The minimum Gasteiger partial charge on any atom is -0.497 e. The first-order valence-electron chi connectivity index (χ1n) is 16.2. The minimum atomic E-state index is -3.67. The summed E-state index contributed by atoms with van der Waals surface area (Å²) in [5.74, 6) is 0.723. The van der Waals surface area contributed by atoms with Crippen molar-refractivity contribution in [3.63, 3.8) is 0 Å². The topological polar surface area (TPSA) is 105 Å². The molecule has 0 aliphatic heterocycles. The molecule has 3 aromatic rings. The van der Waals surface area contributed by atoms with Crippen molar-refractivity contribution in [3.8, 4) is 11.5 Å². The van der Waals surface area contributed by atoms with Crippen molar-refractivity contribution in [2.45, 2.75) is 76.9 Å². The second kappa shape index (κ2) is 17.0. The number of amides is 2. The van der Waals surface area contributed by atoms with Crippen LogP contribution < -0.4 is 19.1 Å². The van der Waals surface area contributed by atoms with E-state index in [1.165, 1.54) is 10.7 Å². The summed E-state index contributed by atoms with van der Waals surface area (Å²) in [6, 6.07) is 23.5. The van der Waals surface area contributed by atoms with Gasteiger partial charge in [0.1, 0.15) is 17.5 Å². The molecule has 2 amide bonds. The second-order valence-electron chi connectivity index (χ2n) is 11.8. The lowest BCUT2D eigenvalue weighted by Gasteiger charge is -2.34. The van der Waals surface area contributed by atoms with Crippen molar-refractivity contribution in [1.29, 1.82) is 0 Å². The van der Waals surface area contributed by atoms with Crippen LogP contribution in [0.1, 0.15) is 63.0 Å². The minimum absolute atomic E-state index is 0.0504. The zero-order valence-corrected chi connectivity index (χ0v) is 28.0. The average Bonchev–Trinajstić information content (AvgIpc) is 3.05. The molecule has 46 heavy (non-hydrogen) atoms. The van der Waals surface area contributed by atoms with Crippen LogP contribution in [-0.2, 0) is 32.6 Å². The number of rotatable bonds is 16.